The van der Waals surface area contributed by atoms with E-state index in [2.05, 4.69) is 25.3 Å². The summed E-state index contributed by atoms with van der Waals surface area (Å²) in [6.07, 6.45) is -9.42. The van der Waals surface area contributed by atoms with Crippen molar-refractivity contribution < 1.29 is 45.4 Å². The lowest BCUT2D eigenvalue weighted by atomic mass is 10.1. The first kappa shape index (κ1) is 35.6. The van der Waals surface area contributed by atoms with Gasteiger partial charge in [0.25, 0.3) is 0 Å². The predicted molar refractivity (Wildman–Crippen MR) is 173 cm³/mol. The summed E-state index contributed by atoms with van der Waals surface area (Å²) >= 11 is 6.43. The molecule has 0 aliphatic carbocycles. The summed E-state index contributed by atoms with van der Waals surface area (Å²) in [7, 11) is 0. The quantitative estimate of drug-likeness (QED) is 0.101. The maximum atomic E-state index is 12.8. The van der Waals surface area contributed by atoms with Gasteiger partial charge in [0.1, 0.15) is 23.9 Å². The van der Waals surface area contributed by atoms with E-state index in [1.54, 1.807) is 50.2 Å². The van der Waals surface area contributed by atoms with Gasteiger partial charge in [0.05, 0.1) is 30.2 Å². The Labute approximate surface area is 285 Å². The number of hydroxylamine groups is 1. The number of amides is 1. The van der Waals surface area contributed by atoms with E-state index < -0.39 is 31.7 Å². The molecule has 1 fully saturated rings. The summed E-state index contributed by atoms with van der Waals surface area (Å²) in [5, 5.41) is 4.50. The molecule has 4 aromatic rings. The molecule has 0 radical (unpaired) electrons. The predicted octanol–water partition coefficient (Wildman–Crippen LogP) is 7.48. The average Bonchev–Trinajstić information content (AvgIpc) is 3.67. The fourth-order valence-corrected chi connectivity index (χ4v) is 5.48. The van der Waals surface area contributed by atoms with Crippen LogP contribution < -0.4 is 19.9 Å². The second-order valence-corrected chi connectivity index (χ2v) is 11.8. The van der Waals surface area contributed by atoms with Crippen LogP contribution in [0, 0.1) is 6.92 Å². The van der Waals surface area contributed by atoms with E-state index in [4.69, 9.17) is 21.8 Å². The van der Waals surface area contributed by atoms with Crippen LogP contribution in [0.15, 0.2) is 78.0 Å². The maximum absolute atomic E-state index is 12.8. The number of thioether (sulfide) groups is 1. The summed E-state index contributed by atoms with van der Waals surface area (Å²) in [5.41, 5.74) is 5.50. The number of aryl methyl sites for hydroxylation is 1. The second kappa shape index (κ2) is 14.8. The summed E-state index contributed by atoms with van der Waals surface area (Å²) in [6.45, 7) is 2.91. The highest BCUT2D eigenvalue weighted by atomic mass is 32.2. The molecular weight excluding hydrogens is 699 g/mol. The van der Waals surface area contributed by atoms with Crippen LogP contribution in [-0.4, -0.2) is 55.9 Å². The van der Waals surface area contributed by atoms with E-state index in [0.29, 0.717) is 17.1 Å². The number of hydrogen-bond acceptors (Lipinski definition) is 8. The Morgan fingerprint density at radius 1 is 1.06 bits per heavy atom. The number of carbonyl (C=O) groups is 1. The molecule has 2 heterocycles. The van der Waals surface area contributed by atoms with Crippen LogP contribution in [0.3, 0.4) is 0 Å². The van der Waals surface area contributed by atoms with Gasteiger partial charge in [-0.1, -0.05) is 42.1 Å². The number of thiocarbonyl (C=S) groups is 1. The summed E-state index contributed by atoms with van der Waals surface area (Å²) in [5.74, 6) is -0.187. The number of nitrogens with zero attached hydrogens (tertiary/aromatic N) is 5. The summed E-state index contributed by atoms with van der Waals surface area (Å²) in [4.78, 5) is 28.3. The van der Waals surface area contributed by atoms with E-state index in [1.807, 2.05) is 0 Å². The molecule has 49 heavy (non-hydrogen) atoms. The standard InChI is InChI=1S/C31H26F6N6O4S2/c1-18-3-12-25(45-14-13-30(32,33)34)24(15-18)43-26(44)16-49-29(43)39-28(48)41-47-19(2)20-4-6-21(7-5-20)27-38-17-42(40-27)22-8-10-23(11-9-22)46-31(35,36)37/h3-12,15,17,19H,13-14,16H2,1-2H3,(H,41,48). The molecule has 1 N–H and O–H groups in total. The molecule has 5 rings (SSSR count). The largest absolute Gasteiger partial charge is 0.573 e. The van der Waals surface area contributed by atoms with Crippen molar-refractivity contribution in [3.63, 3.8) is 0 Å². The van der Waals surface area contributed by atoms with E-state index in [-0.39, 0.29) is 39.1 Å². The minimum atomic E-state index is -4.79. The third kappa shape index (κ3) is 9.70. The zero-order valence-corrected chi connectivity index (χ0v) is 27.2. The summed E-state index contributed by atoms with van der Waals surface area (Å²) < 4.78 is 86.0. The van der Waals surface area contributed by atoms with Crippen LogP contribution >= 0.6 is 24.0 Å². The lowest BCUT2D eigenvalue weighted by Gasteiger charge is -2.21. The van der Waals surface area contributed by atoms with Crippen molar-refractivity contribution in [3.05, 3.63) is 84.2 Å². The van der Waals surface area contributed by atoms with Crippen LogP contribution in [-0.2, 0) is 9.63 Å². The number of ether oxygens (including phenoxy) is 2. The number of alkyl halides is 6. The van der Waals surface area contributed by atoms with Gasteiger partial charge in [-0.25, -0.2) is 15.1 Å². The van der Waals surface area contributed by atoms with Crippen molar-refractivity contribution in [2.75, 3.05) is 17.3 Å². The van der Waals surface area contributed by atoms with Crippen LogP contribution in [0.1, 0.15) is 30.6 Å². The normalized spacial score (nSPS) is 15.1. The third-order valence-electron chi connectivity index (χ3n) is 6.75. The lowest BCUT2D eigenvalue weighted by molar-refractivity contribution is -0.274. The van der Waals surface area contributed by atoms with Crippen molar-refractivity contribution >= 4 is 45.9 Å². The van der Waals surface area contributed by atoms with Crippen LogP contribution in [0.2, 0.25) is 0 Å². The number of anilines is 1. The zero-order valence-electron chi connectivity index (χ0n) is 25.6. The minimum Gasteiger partial charge on any atom is -0.491 e. The van der Waals surface area contributed by atoms with Crippen molar-refractivity contribution in [1.82, 2.24) is 20.2 Å². The molecule has 0 saturated carbocycles. The van der Waals surface area contributed by atoms with Gasteiger partial charge in [0.2, 0.25) is 11.0 Å². The molecule has 1 amide bonds. The molecule has 3 aromatic carbocycles. The molecule has 0 bridgehead atoms. The number of hydrogen-bond donors (Lipinski definition) is 1. The zero-order chi connectivity index (χ0) is 35.3. The molecule has 1 aliphatic heterocycles. The van der Waals surface area contributed by atoms with Crippen molar-refractivity contribution in [1.29, 1.82) is 0 Å². The van der Waals surface area contributed by atoms with Gasteiger partial charge in [0.15, 0.2) is 11.0 Å². The molecule has 1 unspecified atom stereocenters. The van der Waals surface area contributed by atoms with Gasteiger partial charge in [-0.3, -0.25) is 14.5 Å². The van der Waals surface area contributed by atoms with Crippen molar-refractivity contribution in [3.8, 4) is 28.6 Å². The van der Waals surface area contributed by atoms with E-state index in [9.17, 15) is 31.1 Å². The molecule has 1 aromatic heterocycles. The molecule has 18 heteroatoms. The lowest BCUT2D eigenvalue weighted by Crippen LogP contribution is -2.32. The molecule has 1 aliphatic rings. The fraction of sp³-hybridized carbons (Fsp3) is 0.258. The first-order chi connectivity index (χ1) is 23.1. The third-order valence-corrected chi connectivity index (χ3v) is 7.85. The number of amidine groups is 1. The van der Waals surface area contributed by atoms with Gasteiger partial charge < -0.3 is 9.47 Å². The Morgan fingerprint density at radius 2 is 1.78 bits per heavy atom. The topological polar surface area (TPSA) is 103 Å². The van der Waals surface area contributed by atoms with Crippen molar-refractivity contribution in [2.45, 2.75) is 38.9 Å². The van der Waals surface area contributed by atoms with Gasteiger partial charge in [-0.05, 0) is 73.6 Å². The molecule has 1 saturated heterocycles. The monoisotopic (exact) mass is 724 g/mol. The fourth-order valence-electron chi connectivity index (χ4n) is 4.42. The van der Waals surface area contributed by atoms with E-state index >= 15 is 0 Å². The number of aliphatic imine (C=N–C) groups is 1. The molecule has 1 atom stereocenters. The molecular formula is C31H26F6N6O4S2. The number of benzene rings is 3. The number of rotatable bonds is 10. The molecule has 10 nitrogen and oxygen atoms in total. The Balaban J connectivity index is 1.19. The Kier molecular flexibility index (Phi) is 10.8. The van der Waals surface area contributed by atoms with E-state index in [0.717, 1.165) is 22.9 Å². The van der Waals surface area contributed by atoms with E-state index in [1.165, 1.54) is 46.2 Å². The first-order valence-corrected chi connectivity index (χ1v) is 15.7. The SMILES string of the molecule is Cc1ccc(OCCC(F)(F)F)c(N2C(=O)CSC2=NC(=S)NOC(C)c2ccc(-c3ncn(-c4ccc(OC(F)(F)F)cc4)n3)cc2)c1. The maximum Gasteiger partial charge on any atom is 0.573 e. The van der Waals surface area contributed by atoms with Crippen LogP contribution in [0.4, 0.5) is 32.0 Å². The van der Waals surface area contributed by atoms with Gasteiger partial charge in [0, 0.05) is 5.56 Å². The summed E-state index contributed by atoms with van der Waals surface area (Å²) in [6, 6.07) is 17.1. The number of halogens is 6. The smallest absolute Gasteiger partial charge is 0.491 e. The van der Waals surface area contributed by atoms with Crippen LogP contribution in [0.25, 0.3) is 17.1 Å². The second-order valence-electron chi connectivity index (χ2n) is 10.4. The van der Waals surface area contributed by atoms with Gasteiger partial charge >= 0.3 is 12.5 Å². The van der Waals surface area contributed by atoms with Gasteiger partial charge in [-0.2, -0.15) is 18.2 Å². The minimum absolute atomic E-state index is 0.0390. The highest BCUT2D eigenvalue weighted by Crippen LogP contribution is 2.36. The average molecular weight is 725 g/mol. The highest BCUT2D eigenvalue weighted by molar-refractivity contribution is 8.15. The Hall–Kier alpha value is -4.68. The molecule has 258 valence electrons. The Bertz CT molecular complexity index is 1830. The van der Waals surface area contributed by atoms with Gasteiger partial charge in [-0.15, -0.1) is 18.3 Å². The highest BCUT2D eigenvalue weighted by Gasteiger charge is 2.33. The number of carbonyl (C=O) groups excluding carboxylic acids is 1. The first-order valence-electron chi connectivity index (χ1n) is 14.3. The molecule has 0 spiro atoms. The van der Waals surface area contributed by atoms with Crippen LogP contribution in [0.5, 0.6) is 11.5 Å². The van der Waals surface area contributed by atoms with Crippen molar-refractivity contribution in [2.24, 2.45) is 4.99 Å². The Morgan fingerprint density at radius 3 is 2.45 bits per heavy atom. The number of nitrogens with one attached hydrogen (secondary N) is 1. The number of aromatic nitrogens is 3.